The molecular formula is C16H15NOS. The van der Waals surface area contributed by atoms with Crippen LogP contribution in [0.5, 0.6) is 0 Å². The van der Waals surface area contributed by atoms with E-state index in [0.717, 1.165) is 13.1 Å². The van der Waals surface area contributed by atoms with Gasteiger partial charge in [-0.2, -0.15) is 0 Å². The maximum atomic E-state index is 5.04. The highest BCUT2D eigenvalue weighted by Gasteiger charge is 2.02. The number of rotatable bonds is 5. The molecule has 0 aliphatic heterocycles. The lowest BCUT2D eigenvalue weighted by atomic mass is 10.2. The molecule has 0 aliphatic rings. The largest absolute Gasteiger partial charge is 0.472 e. The second-order valence-corrected chi connectivity index (χ2v) is 5.54. The molecule has 96 valence electrons. The van der Waals surface area contributed by atoms with E-state index in [1.165, 1.54) is 20.9 Å². The van der Waals surface area contributed by atoms with Crippen LogP contribution in [0.2, 0.25) is 0 Å². The second-order valence-electron chi connectivity index (χ2n) is 4.37. The Bertz CT molecular complexity index is 613. The van der Waals surface area contributed by atoms with E-state index in [0.29, 0.717) is 0 Å². The molecule has 0 bridgehead atoms. The van der Waals surface area contributed by atoms with Crippen molar-refractivity contribution in [1.82, 2.24) is 5.32 Å². The van der Waals surface area contributed by atoms with Gasteiger partial charge in [-0.05, 0) is 23.8 Å². The summed E-state index contributed by atoms with van der Waals surface area (Å²) in [6.07, 6.45) is 3.48. The lowest BCUT2D eigenvalue weighted by molar-refractivity contribution is 0.560. The number of furan rings is 1. The van der Waals surface area contributed by atoms with Gasteiger partial charge in [0.15, 0.2) is 0 Å². The number of hydrogen-bond donors (Lipinski definition) is 1. The molecule has 19 heavy (non-hydrogen) atoms. The summed E-state index contributed by atoms with van der Waals surface area (Å²) in [7, 11) is 0. The smallest absolute Gasteiger partial charge is 0.0947 e. The van der Waals surface area contributed by atoms with Gasteiger partial charge < -0.3 is 9.73 Å². The fourth-order valence-electron chi connectivity index (χ4n) is 1.95. The van der Waals surface area contributed by atoms with Gasteiger partial charge in [0.25, 0.3) is 0 Å². The van der Waals surface area contributed by atoms with Crippen LogP contribution in [0.25, 0.3) is 10.4 Å². The van der Waals surface area contributed by atoms with Crippen LogP contribution in [0.3, 0.4) is 0 Å². The summed E-state index contributed by atoms with van der Waals surface area (Å²) in [5, 5.41) is 3.42. The average Bonchev–Trinajstić information content (AvgIpc) is 3.11. The van der Waals surface area contributed by atoms with E-state index in [9.17, 15) is 0 Å². The van der Waals surface area contributed by atoms with Crippen molar-refractivity contribution in [2.24, 2.45) is 0 Å². The van der Waals surface area contributed by atoms with Crippen LogP contribution < -0.4 is 5.32 Å². The van der Waals surface area contributed by atoms with Crippen molar-refractivity contribution in [2.45, 2.75) is 13.1 Å². The predicted molar refractivity (Wildman–Crippen MR) is 79.0 cm³/mol. The highest BCUT2D eigenvalue weighted by molar-refractivity contribution is 7.15. The molecule has 3 rings (SSSR count). The van der Waals surface area contributed by atoms with Crippen LogP contribution in [0, 0.1) is 0 Å². The highest BCUT2D eigenvalue weighted by atomic mass is 32.1. The van der Waals surface area contributed by atoms with E-state index < -0.39 is 0 Å². The Labute approximate surface area is 116 Å². The molecule has 1 N–H and O–H groups in total. The van der Waals surface area contributed by atoms with E-state index in [1.807, 2.05) is 23.5 Å². The average molecular weight is 269 g/mol. The summed E-state index contributed by atoms with van der Waals surface area (Å²) >= 11 is 1.84. The van der Waals surface area contributed by atoms with Crippen LogP contribution in [0.15, 0.2) is 65.5 Å². The van der Waals surface area contributed by atoms with Crippen LogP contribution in [0.1, 0.15) is 10.4 Å². The minimum Gasteiger partial charge on any atom is -0.472 e. The van der Waals surface area contributed by atoms with Gasteiger partial charge in [-0.3, -0.25) is 0 Å². The number of hydrogen-bond acceptors (Lipinski definition) is 3. The number of thiophene rings is 1. The molecule has 0 atom stereocenters. The second kappa shape index (κ2) is 5.87. The molecule has 0 radical (unpaired) electrons. The van der Waals surface area contributed by atoms with Gasteiger partial charge in [-0.25, -0.2) is 0 Å². The van der Waals surface area contributed by atoms with E-state index in [1.54, 1.807) is 12.5 Å². The Morgan fingerprint density at radius 2 is 1.84 bits per heavy atom. The van der Waals surface area contributed by atoms with Gasteiger partial charge >= 0.3 is 0 Å². The molecule has 3 heteroatoms. The zero-order valence-corrected chi connectivity index (χ0v) is 11.3. The fourth-order valence-corrected chi connectivity index (χ4v) is 2.94. The van der Waals surface area contributed by atoms with Crippen molar-refractivity contribution in [1.29, 1.82) is 0 Å². The third-order valence-corrected chi connectivity index (χ3v) is 4.06. The molecule has 3 aromatic rings. The third-order valence-electron chi connectivity index (χ3n) is 2.93. The Morgan fingerprint density at radius 3 is 2.63 bits per heavy atom. The fraction of sp³-hybridized carbons (Fsp3) is 0.125. The lowest BCUT2D eigenvalue weighted by Gasteiger charge is -2.00. The molecule has 1 aromatic carbocycles. The Balaban J connectivity index is 1.59. The summed E-state index contributed by atoms with van der Waals surface area (Å²) in [5.41, 5.74) is 2.47. The van der Waals surface area contributed by atoms with Gasteiger partial charge in [0.05, 0.1) is 12.5 Å². The molecular weight excluding hydrogens is 254 g/mol. The van der Waals surface area contributed by atoms with Gasteiger partial charge in [0.1, 0.15) is 0 Å². The maximum Gasteiger partial charge on any atom is 0.0947 e. The van der Waals surface area contributed by atoms with E-state index in [-0.39, 0.29) is 0 Å². The first-order chi connectivity index (χ1) is 9.42. The quantitative estimate of drug-likeness (QED) is 0.747. The summed E-state index contributed by atoms with van der Waals surface area (Å²) < 4.78 is 5.04. The monoisotopic (exact) mass is 269 g/mol. The van der Waals surface area contributed by atoms with Gasteiger partial charge in [0.2, 0.25) is 0 Å². The van der Waals surface area contributed by atoms with Crippen LogP contribution in [-0.2, 0) is 13.1 Å². The van der Waals surface area contributed by atoms with Crippen molar-refractivity contribution in [3.05, 3.63) is 71.5 Å². The van der Waals surface area contributed by atoms with Crippen LogP contribution in [0.4, 0.5) is 0 Å². The molecule has 0 aliphatic carbocycles. The minimum atomic E-state index is 0.842. The molecule has 0 saturated heterocycles. The Morgan fingerprint density at radius 1 is 0.947 bits per heavy atom. The van der Waals surface area contributed by atoms with Gasteiger partial charge in [-0.15, -0.1) is 11.3 Å². The Hall–Kier alpha value is -1.84. The minimum absolute atomic E-state index is 0.842. The Kier molecular flexibility index (Phi) is 3.77. The number of nitrogens with one attached hydrogen (secondary N) is 1. The highest BCUT2D eigenvalue weighted by Crippen LogP contribution is 2.27. The van der Waals surface area contributed by atoms with Crippen LogP contribution in [-0.4, -0.2) is 0 Å². The first kappa shape index (κ1) is 12.2. The SMILES string of the molecule is c1ccc(-c2ccc(CNCc3ccoc3)s2)cc1. The molecule has 0 unspecified atom stereocenters. The molecule has 2 aromatic heterocycles. The topological polar surface area (TPSA) is 25.2 Å². The van der Waals surface area contributed by atoms with E-state index in [2.05, 4.69) is 41.7 Å². The van der Waals surface area contributed by atoms with Crippen molar-refractivity contribution >= 4 is 11.3 Å². The zero-order chi connectivity index (χ0) is 12.9. The predicted octanol–water partition coefficient (Wildman–Crippen LogP) is 4.30. The molecule has 2 heterocycles. The van der Waals surface area contributed by atoms with Crippen molar-refractivity contribution < 1.29 is 4.42 Å². The summed E-state index contributed by atoms with van der Waals surface area (Å²) in [6.45, 7) is 1.73. The van der Waals surface area contributed by atoms with Crippen molar-refractivity contribution in [2.75, 3.05) is 0 Å². The maximum absolute atomic E-state index is 5.04. The third kappa shape index (κ3) is 3.13. The first-order valence-electron chi connectivity index (χ1n) is 6.28. The van der Waals surface area contributed by atoms with Crippen LogP contribution >= 0.6 is 11.3 Å². The van der Waals surface area contributed by atoms with E-state index >= 15 is 0 Å². The van der Waals surface area contributed by atoms with Crippen molar-refractivity contribution in [3.8, 4) is 10.4 Å². The molecule has 0 fully saturated rings. The number of benzene rings is 1. The molecule has 2 nitrogen and oxygen atoms in total. The van der Waals surface area contributed by atoms with E-state index in [4.69, 9.17) is 4.42 Å². The summed E-state index contributed by atoms with van der Waals surface area (Å²) in [5.74, 6) is 0. The zero-order valence-electron chi connectivity index (χ0n) is 10.5. The molecule has 0 amide bonds. The summed E-state index contributed by atoms with van der Waals surface area (Å²) in [6, 6.07) is 16.9. The van der Waals surface area contributed by atoms with Gasteiger partial charge in [-0.1, -0.05) is 30.3 Å². The molecule has 0 spiro atoms. The lowest BCUT2D eigenvalue weighted by Crippen LogP contribution is -2.10. The molecule has 0 saturated carbocycles. The first-order valence-corrected chi connectivity index (χ1v) is 7.09. The standard InChI is InChI=1S/C16H15NOS/c1-2-4-14(5-3-1)16-7-6-15(19-16)11-17-10-13-8-9-18-12-13/h1-9,12,17H,10-11H2. The van der Waals surface area contributed by atoms with Gasteiger partial charge in [0, 0.05) is 28.4 Å². The summed E-state index contributed by atoms with van der Waals surface area (Å²) in [4.78, 5) is 2.67. The normalized spacial score (nSPS) is 10.7. The van der Waals surface area contributed by atoms with Crippen molar-refractivity contribution in [3.63, 3.8) is 0 Å².